The standard InChI is InChI=1S/C12H12N2O3.ClH/c1-17-12(16)10(13)11(15)8-6-14-9-5-3-2-4-7(8)9;/h2-6,10,14H,13H2,1H3;1H. The average molecular weight is 269 g/mol. The second-order valence-corrected chi connectivity index (χ2v) is 3.69. The molecule has 1 aromatic heterocycles. The van der Waals surface area contributed by atoms with Gasteiger partial charge in [-0.1, -0.05) is 18.2 Å². The Balaban J connectivity index is 0.00000162. The number of hydrogen-bond donors (Lipinski definition) is 2. The zero-order valence-electron chi connectivity index (χ0n) is 9.77. The molecule has 0 aliphatic carbocycles. The highest BCUT2D eigenvalue weighted by Gasteiger charge is 2.29. The molecule has 0 fully saturated rings. The van der Waals surface area contributed by atoms with E-state index in [1.807, 2.05) is 24.3 Å². The monoisotopic (exact) mass is 268 g/mol. The molecule has 0 saturated carbocycles. The fourth-order valence-electron chi connectivity index (χ4n) is 1.71. The van der Waals surface area contributed by atoms with Crippen LogP contribution in [-0.2, 0) is 9.53 Å². The number of ketones is 1. The number of H-pyrrole nitrogens is 1. The maximum absolute atomic E-state index is 12.0. The van der Waals surface area contributed by atoms with Crippen LogP contribution in [0.2, 0.25) is 0 Å². The molecule has 96 valence electrons. The van der Waals surface area contributed by atoms with E-state index in [2.05, 4.69) is 15.5 Å². The van der Waals surface area contributed by atoms with Crippen LogP contribution in [0.15, 0.2) is 30.5 Å². The van der Waals surface area contributed by atoms with Crippen LogP contribution in [0.1, 0.15) is 10.4 Å². The molecule has 1 aromatic carbocycles. The molecule has 1 heterocycles. The van der Waals surface area contributed by atoms with Crippen molar-refractivity contribution in [2.45, 2.75) is 6.04 Å². The van der Waals surface area contributed by atoms with E-state index in [1.165, 1.54) is 7.11 Å². The molecule has 0 aliphatic heterocycles. The minimum absolute atomic E-state index is 0. The number of nitrogens with one attached hydrogen (secondary N) is 1. The summed E-state index contributed by atoms with van der Waals surface area (Å²) in [6, 6.07) is 6.36. The van der Waals surface area contributed by atoms with E-state index in [9.17, 15) is 9.59 Å². The van der Waals surface area contributed by atoms with E-state index >= 15 is 0 Å². The normalized spacial score (nSPS) is 11.7. The average Bonchev–Trinajstić information content (AvgIpc) is 2.79. The zero-order chi connectivity index (χ0) is 12.4. The Labute approximate surface area is 110 Å². The molecule has 0 bridgehead atoms. The van der Waals surface area contributed by atoms with E-state index in [0.717, 1.165) is 10.9 Å². The molecular formula is C12H13ClN2O3. The van der Waals surface area contributed by atoms with Gasteiger partial charge in [0.1, 0.15) is 0 Å². The summed E-state index contributed by atoms with van der Waals surface area (Å²) in [6.45, 7) is 0. The van der Waals surface area contributed by atoms with E-state index in [4.69, 9.17) is 0 Å². The summed E-state index contributed by atoms with van der Waals surface area (Å²) in [7, 11) is 1.24. The lowest BCUT2D eigenvalue weighted by atomic mass is 10.0. The lowest BCUT2D eigenvalue weighted by Gasteiger charge is -2.04. The fraction of sp³-hybridized carbons (Fsp3) is 0.167. The van der Waals surface area contributed by atoms with Gasteiger partial charge in [0.05, 0.1) is 7.11 Å². The molecule has 0 amide bonds. The fourth-order valence-corrected chi connectivity index (χ4v) is 1.71. The number of methoxy groups -OCH3 is 1. The van der Waals surface area contributed by atoms with Gasteiger partial charge in [0.25, 0.3) is 0 Å². The number of esters is 1. The van der Waals surface area contributed by atoms with Crippen LogP contribution in [0.4, 0.5) is 0 Å². The van der Waals surface area contributed by atoms with E-state index in [-0.39, 0.29) is 18.2 Å². The highest BCUT2D eigenvalue weighted by Crippen LogP contribution is 2.18. The summed E-state index contributed by atoms with van der Waals surface area (Å²) in [5, 5.41) is 0.787. The number of ether oxygens (including phenoxy) is 1. The minimum Gasteiger partial charge on any atom is -1.00 e. The van der Waals surface area contributed by atoms with Gasteiger partial charge in [-0.2, -0.15) is 0 Å². The number of fused-ring (bicyclic) bond motifs is 1. The predicted molar refractivity (Wildman–Crippen MR) is 61.3 cm³/mol. The van der Waals surface area contributed by atoms with Gasteiger partial charge in [-0.05, 0) is 6.07 Å². The van der Waals surface area contributed by atoms with Crippen molar-refractivity contribution in [2.24, 2.45) is 0 Å². The highest BCUT2D eigenvalue weighted by molar-refractivity contribution is 6.16. The molecule has 6 heteroatoms. The second kappa shape index (κ2) is 5.66. The summed E-state index contributed by atoms with van der Waals surface area (Å²) in [6.07, 6.45) is 1.59. The highest BCUT2D eigenvalue weighted by atomic mass is 35.5. The second-order valence-electron chi connectivity index (χ2n) is 3.69. The first kappa shape index (κ1) is 14.2. The van der Waals surface area contributed by atoms with Gasteiger partial charge in [-0.25, -0.2) is 4.79 Å². The van der Waals surface area contributed by atoms with Crippen molar-refractivity contribution in [1.82, 2.24) is 4.98 Å². The molecule has 0 spiro atoms. The maximum atomic E-state index is 12.0. The summed E-state index contributed by atoms with van der Waals surface area (Å²) in [5.41, 5.74) is 4.85. The summed E-state index contributed by atoms with van der Waals surface area (Å²) >= 11 is 0. The number of halogens is 1. The van der Waals surface area contributed by atoms with Gasteiger partial charge in [0, 0.05) is 22.7 Å². The van der Waals surface area contributed by atoms with Crippen LogP contribution in [0.5, 0.6) is 0 Å². The SMILES string of the molecule is COC(=O)C([NH3+])C(=O)c1c[nH]c2ccccc12.[Cl-]. The van der Waals surface area contributed by atoms with E-state index in [1.54, 1.807) is 6.20 Å². The minimum atomic E-state index is -1.03. The number of aromatic nitrogens is 1. The van der Waals surface area contributed by atoms with Crippen LogP contribution < -0.4 is 18.1 Å². The number of Topliss-reactive ketones (excluding diaryl/α,β-unsaturated/α-hetero) is 1. The Morgan fingerprint density at radius 1 is 1.33 bits per heavy atom. The van der Waals surface area contributed by atoms with Crippen molar-refractivity contribution in [2.75, 3.05) is 7.11 Å². The van der Waals surface area contributed by atoms with Crippen molar-refractivity contribution in [3.05, 3.63) is 36.0 Å². The molecule has 18 heavy (non-hydrogen) atoms. The Hall–Kier alpha value is -1.85. The Morgan fingerprint density at radius 2 is 2.00 bits per heavy atom. The third kappa shape index (κ3) is 2.37. The van der Waals surface area contributed by atoms with Crippen molar-refractivity contribution < 1.29 is 32.5 Å². The van der Waals surface area contributed by atoms with Crippen molar-refractivity contribution in [1.29, 1.82) is 0 Å². The van der Waals surface area contributed by atoms with Crippen LogP contribution >= 0.6 is 0 Å². The van der Waals surface area contributed by atoms with Gasteiger partial charge in [-0.3, -0.25) is 4.79 Å². The number of para-hydroxylation sites is 1. The Morgan fingerprint density at radius 3 is 2.67 bits per heavy atom. The van der Waals surface area contributed by atoms with Crippen molar-refractivity contribution >= 4 is 22.7 Å². The summed E-state index contributed by atoms with van der Waals surface area (Å²) in [5.74, 6) is -0.963. The molecule has 2 rings (SSSR count). The Kier molecular flexibility index (Phi) is 4.47. The molecule has 0 saturated heterocycles. The maximum Gasteiger partial charge on any atom is 0.373 e. The number of hydrogen-bond acceptors (Lipinski definition) is 3. The van der Waals surface area contributed by atoms with Gasteiger partial charge >= 0.3 is 5.97 Å². The van der Waals surface area contributed by atoms with Crippen LogP contribution in [0.3, 0.4) is 0 Å². The first-order valence-corrected chi connectivity index (χ1v) is 5.16. The summed E-state index contributed by atoms with van der Waals surface area (Å²) < 4.78 is 4.51. The third-order valence-electron chi connectivity index (χ3n) is 2.66. The number of rotatable bonds is 3. The number of carbonyl (C=O) groups excluding carboxylic acids is 2. The molecule has 4 N–H and O–H groups in total. The van der Waals surface area contributed by atoms with Crippen molar-refractivity contribution in [3.8, 4) is 0 Å². The van der Waals surface area contributed by atoms with Gasteiger partial charge in [0.15, 0.2) is 0 Å². The lowest BCUT2D eigenvalue weighted by molar-refractivity contribution is -0.388. The smallest absolute Gasteiger partial charge is 0.373 e. The number of carbonyl (C=O) groups is 2. The van der Waals surface area contributed by atoms with Crippen LogP contribution in [0, 0.1) is 0 Å². The predicted octanol–water partition coefficient (Wildman–Crippen LogP) is -2.86. The largest absolute Gasteiger partial charge is 1.00 e. The van der Waals surface area contributed by atoms with E-state index in [0.29, 0.717) is 5.56 Å². The topological polar surface area (TPSA) is 86.8 Å². The Bertz CT molecular complexity index is 579. The van der Waals surface area contributed by atoms with Crippen LogP contribution in [-0.4, -0.2) is 29.9 Å². The number of aromatic amines is 1. The molecule has 0 aliphatic rings. The number of benzene rings is 1. The van der Waals surface area contributed by atoms with Gasteiger partial charge in [0.2, 0.25) is 11.8 Å². The molecule has 0 radical (unpaired) electrons. The number of quaternary nitrogens is 1. The van der Waals surface area contributed by atoms with E-state index < -0.39 is 12.0 Å². The first-order valence-electron chi connectivity index (χ1n) is 5.16. The van der Waals surface area contributed by atoms with Crippen LogP contribution in [0.25, 0.3) is 10.9 Å². The molecule has 1 atom stereocenters. The molecule has 1 unspecified atom stereocenters. The molecule has 5 nitrogen and oxygen atoms in total. The lowest BCUT2D eigenvalue weighted by Crippen LogP contribution is -3.00. The van der Waals surface area contributed by atoms with Crippen molar-refractivity contribution in [3.63, 3.8) is 0 Å². The zero-order valence-corrected chi connectivity index (χ0v) is 10.5. The first-order chi connectivity index (χ1) is 8.15. The quantitative estimate of drug-likeness (QED) is 0.357. The molecular weight excluding hydrogens is 256 g/mol. The summed E-state index contributed by atoms with van der Waals surface area (Å²) in [4.78, 5) is 26.3. The van der Waals surface area contributed by atoms with Gasteiger partial charge < -0.3 is 27.9 Å². The molecule has 2 aromatic rings. The van der Waals surface area contributed by atoms with Gasteiger partial charge in [-0.15, -0.1) is 0 Å². The third-order valence-corrected chi connectivity index (χ3v) is 2.66.